The highest BCUT2D eigenvalue weighted by Gasteiger charge is 2.34. The molecule has 1 fully saturated rings. The maximum atomic E-state index is 12.2. The van der Waals surface area contributed by atoms with Crippen LogP contribution in [-0.2, 0) is 16.0 Å². The number of rotatable bonds is 6. The Kier molecular flexibility index (Phi) is 4.88. The molecule has 1 aromatic carbocycles. The minimum atomic E-state index is -0.213. The van der Waals surface area contributed by atoms with Crippen molar-refractivity contribution in [1.82, 2.24) is 15.2 Å². The fourth-order valence-electron chi connectivity index (χ4n) is 3.22. The van der Waals surface area contributed by atoms with Crippen molar-refractivity contribution in [2.45, 2.75) is 39.2 Å². The molecule has 128 valence electrons. The molecule has 0 spiro atoms. The van der Waals surface area contributed by atoms with Crippen molar-refractivity contribution in [3.63, 3.8) is 0 Å². The summed E-state index contributed by atoms with van der Waals surface area (Å²) in [5, 5.41) is 4.19. The Morgan fingerprint density at radius 2 is 2.21 bits per heavy atom. The molecule has 2 aromatic rings. The highest BCUT2D eigenvalue weighted by molar-refractivity contribution is 5.89. The molecule has 5 nitrogen and oxygen atoms in total. The molecule has 1 aliphatic heterocycles. The number of likely N-dealkylation sites (tertiary alicyclic amines) is 1. The summed E-state index contributed by atoms with van der Waals surface area (Å²) < 4.78 is 0. The third-order valence-corrected chi connectivity index (χ3v) is 4.91. The first-order valence-electron chi connectivity index (χ1n) is 8.71. The number of fused-ring (bicyclic) bond motifs is 1. The van der Waals surface area contributed by atoms with E-state index in [1.54, 1.807) is 0 Å². The molecule has 1 aliphatic rings. The van der Waals surface area contributed by atoms with Gasteiger partial charge in [-0.3, -0.25) is 9.59 Å². The Bertz CT molecular complexity index is 737. The van der Waals surface area contributed by atoms with E-state index in [1.165, 1.54) is 10.9 Å². The number of benzene rings is 1. The number of hydrogen-bond acceptors (Lipinski definition) is 2. The molecule has 2 atom stereocenters. The minimum Gasteiger partial charge on any atom is -0.361 e. The van der Waals surface area contributed by atoms with Gasteiger partial charge in [0.05, 0.1) is 5.92 Å². The van der Waals surface area contributed by atoms with Crippen LogP contribution in [0.2, 0.25) is 0 Å². The average Bonchev–Trinajstić information content (AvgIpc) is 3.16. The van der Waals surface area contributed by atoms with E-state index in [0.29, 0.717) is 19.5 Å². The molecule has 1 saturated heterocycles. The van der Waals surface area contributed by atoms with Gasteiger partial charge in [0.1, 0.15) is 0 Å². The number of aromatic amines is 1. The van der Waals surface area contributed by atoms with Crippen LogP contribution in [0, 0.1) is 5.92 Å². The average molecular weight is 327 g/mol. The van der Waals surface area contributed by atoms with Crippen LogP contribution in [0.4, 0.5) is 0 Å². The zero-order valence-corrected chi connectivity index (χ0v) is 14.3. The zero-order chi connectivity index (χ0) is 17.1. The molecule has 0 aliphatic carbocycles. The number of nitrogens with zero attached hydrogens (tertiary/aromatic N) is 1. The first kappa shape index (κ1) is 16.6. The molecule has 3 rings (SSSR count). The quantitative estimate of drug-likeness (QED) is 0.856. The predicted octanol–water partition coefficient (Wildman–Crippen LogP) is 2.47. The van der Waals surface area contributed by atoms with Gasteiger partial charge in [0.25, 0.3) is 0 Å². The highest BCUT2D eigenvalue weighted by atomic mass is 16.2. The molecule has 0 radical (unpaired) electrons. The van der Waals surface area contributed by atoms with Gasteiger partial charge in [-0.05, 0) is 31.4 Å². The van der Waals surface area contributed by atoms with Crippen molar-refractivity contribution in [2.75, 3.05) is 13.1 Å². The Morgan fingerprint density at radius 3 is 3.00 bits per heavy atom. The Morgan fingerprint density at radius 1 is 1.42 bits per heavy atom. The maximum Gasteiger partial charge on any atom is 0.225 e. The van der Waals surface area contributed by atoms with Gasteiger partial charge in [0, 0.05) is 42.7 Å². The van der Waals surface area contributed by atoms with Crippen molar-refractivity contribution in [3.05, 3.63) is 36.0 Å². The lowest BCUT2D eigenvalue weighted by Gasteiger charge is -2.17. The van der Waals surface area contributed by atoms with Gasteiger partial charge in [-0.1, -0.05) is 25.1 Å². The zero-order valence-electron chi connectivity index (χ0n) is 14.3. The lowest BCUT2D eigenvalue weighted by molar-refractivity contribution is -0.129. The Labute approximate surface area is 142 Å². The molecule has 0 bridgehead atoms. The van der Waals surface area contributed by atoms with Crippen LogP contribution in [0.3, 0.4) is 0 Å². The number of carbonyl (C=O) groups excluding carboxylic acids is 2. The topological polar surface area (TPSA) is 65.2 Å². The van der Waals surface area contributed by atoms with Crippen molar-refractivity contribution in [3.8, 4) is 0 Å². The van der Waals surface area contributed by atoms with E-state index in [2.05, 4.69) is 22.4 Å². The SMILES string of the molecule is CCC(C)NC(=O)C1CC(=O)N(CCc2c[nH]c3ccccc23)C1. The Hall–Kier alpha value is -2.30. The summed E-state index contributed by atoms with van der Waals surface area (Å²) in [6.07, 6.45) is 4.04. The standard InChI is InChI=1S/C19H25N3O2/c1-3-13(2)21-19(24)15-10-18(23)22(12-15)9-8-14-11-20-17-7-5-4-6-16(14)17/h4-7,11,13,15,20H,3,8-10,12H2,1-2H3,(H,21,24). The van der Waals surface area contributed by atoms with E-state index >= 15 is 0 Å². The van der Waals surface area contributed by atoms with Crippen molar-refractivity contribution < 1.29 is 9.59 Å². The monoisotopic (exact) mass is 327 g/mol. The van der Waals surface area contributed by atoms with Gasteiger partial charge in [-0.25, -0.2) is 0 Å². The number of aromatic nitrogens is 1. The summed E-state index contributed by atoms with van der Waals surface area (Å²) in [5.74, 6) is -0.124. The first-order valence-corrected chi connectivity index (χ1v) is 8.71. The van der Waals surface area contributed by atoms with Crippen LogP contribution in [0.1, 0.15) is 32.3 Å². The van der Waals surface area contributed by atoms with Gasteiger partial charge in [-0.2, -0.15) is 0 Å². The van der Waals surface area contributed by atoms with Gasteiger partial charge < -0.3 is 15.2 Å². The molecule has 5 heteroatoms. The molecule has 2 amide bonds. The van der Waals surface area contributed by atoms with Crippen molar-refractivity contribution >= 4 is 22.7 Å². The summed E-state index contributed by atoms with van der Waals surface area (Å²) >= 11 is 0. The number of nitrogens with one attached hydrogen (secondary N) is 2. The summed E-state index contributed by atoms with van der Waals surface area (Å²) in [6.45, 7) is 5.22. The molecule has 0 saturated carbocycles. The summed E-state index contributed by atoms with van der Waals surface area (Å²) in [5.41, 5.74) is 2.33. The molecular formula is C19H25N3O2. The van der Waals surface area contributed by atoms with Crippen molar-refractivity contribution in [1.29, 1.82) is 0 Å². The van der Waals surface area contributed by atoms with E-state index in [4.69, 9.17) is 0 Å². The number of carbonyl (C=O) groups is 2. The largest absolute Gasteiger partial charge is 0.361 e. The van der Waals surface area contributed by atoms with Crippen LogP contribution in [0.15, 0.2) is 30.5 Å². The summed E-state index contributed by atoms with van der Waals surface area (Å²) in [6, 6.07) is 8.33. The van der Waals surface area contributed by atoms with E-state index in [1.807, 2.05) is 37.1 Å². The second-order valence-corrected chi connectivity index (χ2v) is 6.67. The molecule has 2 N–H and O–H groups in total. The second-order valence-electron chi connectivity index (χ2n) is 6.67. The fourth-order valence-corrected chi connectivity index (χ4v) is 3.22. The predicted molar refractivity (Wildman–Crippen MR) is 94.6 cm³/mol. The fraction of sp³-hybridized carbons (Fsp3) is 0.474. The summed E-state index contributed by atoms with van der Waals surface area (Å²) in [7, 11) is 0. The number of hydrogen-bond donors (Lipinski definition) is 2. The van der Waals surface area contributed by atoms with Crippen LogP contribution < -0.4 is 5.32 Å². The normalized spacial score (nSPS) is 19.0. The minimum absolute atomic E-state index is 0.00675. The lowest BCUT2D eigenvalue weighted by atomic mass is 10.1. The van der Waals surface area contributed by atoms with E-state index < -0.39 is 0 Å². The van der Waals surface area contributed by atoms with Crippen LogP contribution in [-0.4, -0.2) is 40.8 Å². The third-order valence-electron chi connectivity index (χ3n) is 4.91. The van der Waals surface area contributed by atoms with Gasteiger partial charge in [-0.15, -0.1) is 0 Å². The molecule has 2 unspecified atom stereocenters. The van der Waals surface area contributed by atoms with Gasteiger partial charge >= 0.3 is 0 Å². The van der Waals surface area contributed by atoms with Crippen LogP contribution >= 0.6 is 0 Å². The second kappa shape index (κ2) is 7.07. The van der Waals surface area contributed by atoms with Crippen LogP contribution in [0.25, 0.3) is 10.9 Å². The van der Waals surface area contributed by atoms with Gasteiger partial charge in [0.15, 0.2) is 0 Å². The number of H-pyrrole nitrogens is 1. The number of amides is 2. The number of para-hydroxylation sites is 1. The molecular weight excluding hydrogens is 302 g/mol. The lowest BCUT2D eigenvalue weighted by Crippen LogP contribution is -2.38. The van der Waals surface area contributed by atoms with Crippen molar-refractivity contribution in [2.24, 2.45) is 5.92 Å². The first-order chi connectivity index (χ1) is 11.6. The third kappa shape index (κ3) is 3.45. The van der Waals surface area contributed by atoms with Crippen LogP contribution in [0.5, 0.6) is 0 Å². The molecule has 1 aromatic heterocycles. The maximum absolute atomic E-state index is 12.2. The molecule has 2 heterocycles. The summed E-state index contributed by atoms with van der Waals surface area (Å²) in [4.78, 5) is 29.5. The van der Waals surface area contributed by atoms with Gasteiger partial charge in [0.2, 0.25) is 11.8 Å². The van der Waals surface area contributed by atoms with E-state index in [0.717, 1.165) is 18.4 Å². The van der Waals surface area contributed by atoms with E-state index in [-0.39, 0.29) is 23.8 Å². The Balaban J connectivity index is 1.58. The highest BCUT2D eigenvalue weighted by Crippen LogP contribution is 2.21. The van der Waals surface area contributed by atoms with E-state index in [9.17, 15) is 9.59 Å². The smallest absolute Gasteiger partial charge is 0.225 e. The molecule has 24 heavy (non-hydrogen) atoms.